The molecule has 1 aromatic carbocycles. The molecular weight excluding hydrogens is 248 g/mol. The molecule has 0 spiro atoms. The fourth-order valence-electron chi connectivity index (χ4n) is 1.72. The van der Waals surface area contributed by atoms with Gasteiger partial charge in [0.25, 0.3) is 5.91 Å². The first kappa shape index (κ1) is 12.4. The van der Waals surface area contributed by atoms with E-state index in [0.29, 0.717) is 17.8 Å². The number of primary amides is 1. The van der Waals surface area contributed by atoms with Gasteiger partial charge in [-0.25, -0.2) is 4.98 Å². The lowest BCUT2D eigenvalue weighted by molar-refractivity contribution is 0.100. The van der Waals surface area contributed by atoms with E-state index in [1.54, 1.807) is 23.7 Å². The number of carbonyl (C=O) groups excluding carboxylic acids is 1. The lowest BCUT2D eigenvalue weighted by atomic mass is 10.1. The fraction of sp³-hybridized carbons (Fsp3) is 0.167. The molecule has 0 radical (unpaired) electrons. The maximum Gasteiger partial charge on any atom is 0.250 e. The third kappa shape index (κ3) is 2.60. The molecule has 0 aliphatic rings. The largest absolute Gasteiger partial charge is 0.399 e. The van der Waals surface area contributed by atoms with Crippen molar-refractivity contribution in [2.24, 2.45) is 5.73 Å². The van der Waals surface area contributed by atoms with Gasteiger partial charge in [-0.2, -0.15) is 0 Å². The number of aromatic nitrogens is 1. The maximum absolute atomic E-state index is 11.4. The number of anilines is 2. The number of nitrogens with zero attached hydrogens (tertiary/aromatic N) is 2. The van der Waals surface area contributed by atoms with Crippen LogP contribution in [0.4, 0.5) is 11.4 Å². The monoisotopic (exact) mass is 262 g/mol. The summed E-state index contributed by atoms with van der Waals surface area (Å²) in [4.78, 5) is 17.5. The molecule has 0 unspecified atom stereocenters. The van der Waals surface area contributed by atoms with Crippen LogP contribution in [0.15, 0.2) is 29.1 Å². The number of hydrogen-bond donors (Lipinski definition) is 2. The molecule has 0 saturated heterocycles. The first-order chi connectivity index (χ1) is 8.58. The summed E-state index contributed by atoms with van der Waals surface area (Å²) in [6.45, 7) is 0.604. The Morgan fingerprint density at radius 3 is 2.89 bits per heavy atom. The van der Waals surface area contributed by atoms with Crippen LogP contribution in [0.5, 0.6) is 0 Å². The predicted octanol–water partition coefficient (Wildman–Crippen LogP) is 1.46. The van der Waals surface area contributed by atoms with Crippen LogP contribution in [0.25, 0.3) is 0 Å². The van der Waals surface area contributed by atoms with E-state index in [2.05, 4.69) is 4.98 Å². The van der Waals surface area contributed by atoms with Crippen LogP contribution in [-0.2, 0) is 6.54 Å². The third-order valence-electron chi connectivity index (χ3n) is 2.58. The average Bonchev–Trinajstić information content (AvgIpc) is 2.81. The van der Waals surface area contributed by atoms with Crippen LogP contribution in [0.1, 0.15) is 16.1 Å². The number of rotatable bonds is 4. The molecule has 0 aliphatic carbocycles. The average molecular weight is 262 g/mol. The minimum absolute atomic E-state index is 0.460. The number of carbonyl (C=O) groups is 1. The van der Waals surface area contributed by atoms with Crippen LogP contribution < -0.4 is 16.4 Å². The highest BCUT2D eigenvalue weighted by Crippen LogP contribution is 2.23. The summed E-state index contributed by atoms with van der Waals surface area (Å²) >= 11 is 1.54. The number of thiazole rings is 1. The van der Waals surface area contributed by atoms with Crippen molar-refractivity contribution in [1.29, 1.82) is 0 Å². The Hall–Kier alpha value is -2.08. The third-order valence-corrected chi connectivity index (χ3v) is 3.22. The topological polar surface area (TPSA) is 85.2 Å². The normalized spacial score (nSPS) is 10.3. The van der Waals surface area contributed by atoms with E-state index in [0.717, 1.165) is 11.4 Å². The van der Waals surface area contributed by atoms with E-state index in [-0.39, 0.29) is 0 Å². The number of nitrogens with two attached hydrogens (primary N) is 2. The summed E-state index contributed by atoms with van der Waals surface area (Å²) in [5.41, 5.74) is 15.6. The second-order valence-corrected chi connectivity index (χ2v) is 4.70. The van der Waals surface area contributed by atoms with Gasteiger partial charge in [-0.15, -0.1) is 11.3 Å². The molecule has 0 bridgehead atoms. The van der Waals surface area contributed by atoms with Crippen molar-refractivity contribution in [2.75, 3.05) is 17.7 Å². The molecule has 1 amide bonds. The van der Waals surface area contributed by atoms with Crippen LogP contribution >= 0.6 is 11.3 Å². The summed E-state index contributed by atoms with van der Waals surface area (Å²) in [6, 6.07) is 5.05. The number of amides is 1. The van der Waals surface area contributed by atoms with Crippen molar-refractivity contribution in [3.63, 3.8) is 0 Å². The lowest BCUT2D eigenvalue weighted by Gasteiger charge is -2.21. The minimum atomic E-state index is -0.463. The van der Waals surface area contributed by atoms with E-state index >= 15 is 0 Å². The Balaban J connectivity index is 2.31. The van der Waals surface area contributed by atoms with E-state index in [1.165, 1.54) is 11.3 Å². The second kappa shape index (κ2) is 5.05. The van der Waals surface area contributed by atoms with Gasteiger partial charge >= 0.3 is 0 Å². The molecule has 5 nitrogen and oxygen atoms in total. The van der Waals surface area contributed by atoms with Gasteiger partial charge in [0.1, 0.15) is 0 Å². The molecule has 1 aromatic heterocycles. The highest BCUT2D eigenvalue weighted by Gasteiger charge is 2.13. The van der Waals surface area contributed by atoms with E-state index < -0.39 is 5.91 Å². The van der Waals surface area contributed by atoms with Gasteiger partial charge in [-0.3, -0.25) is 4.79 Å². The Morgan fingerprint density at radius 1 is 1.50 bits per heavy atom. The van der Waals surface area contributed by atoms with Gasteiger partial charge < -0.3 is 16.4 Å². The lowest BCUT2D eigenvalue weighted by Crippen LogP contribution is -2.22. The fourth-order valence-corrected chi connectivity index (χ4v) is 2.27. The predicted molar refractivity (Wildman–Crippen MR) is 73.6 cm³/mol. The summed E-state index contributed by atoms with van der Waals surface area (Å²) in [7, 11) is 1.88. The molecule has 0 saturated carbocycles. The molecule has 6 heteroatoms. The van der Waals surface area contributed by atoms with Crippen molar-refractivity contribution < 1.29 is 4.79 Å². The zero-order valence-electron chi connectivity index (χ0n) is 9.96. The molecule has 0 fully saturated rings. The van der Waals surface area contributed by atoms with Crippen molar-refractivity contribution in [3.05, 3.63) is 40.3 Å². The SMILES string of the molecule is CN(Cc1cscn1)c1cc(N)ccc1C(N)=O. The van der Waals surface area contributed by atoms with Crippen molar-refractivity contribution in [1.82, 2.24) is 4.98 Å². The van der Waals surface area contributed by atoms with Gasteiger partial charge in [0, 0.05) is 18.1 Å². The Kier molecular flexibility index (Phi) is 3.47. The van der Waals surface area contributed by atoms with Crippen molar-refractivity contribution >= 4 is 28.6 Å². The molecule has 1 heterocycles. The van der Waals surface area contributed by atoms with Crippen LogP contribution in [-0.4, -0.2) is 17.9 Å². The quantitative estimate of drug-likeness (QED) is 0.817. The minimum Gasteiger partial charge on any atom is -0.399 e. The van der Waals surface area contributed by atoms with Crippen molar-refractivity contribution in [3.8, 4) is 0 Å². The van der Waals surface area contributed by atoms with Gasteiger partial charge in [-0.1, -0.05) is 0 Å². The molecule has 94 valence electrons. The zero-order chi connectivity index (χ0) is 13.1. The molecule has 0 aliphatic heterocycles. The molecular formula is C12H14N4OS. The molecule has 18 heavy (non-hydrogen) atoms. The number of hydrogen-bond acceptors (Lipinski definition) is 5. The van der Waals surface area contributed by atoms with Crippen LogP contribution in [0, 0.1) is 0 Å². The molecule has 4 N–H and O–H groups in total. The van der Waals surface area contributed by atoms with E-state index in [1.807, 2.05) is 17.3 Å². The smallest absolute Gasteiger partial charge is 0.250 e. The highest BCUT2D eigenvalue weighted by atomic mass is 32.1. The molecule has 0 atom stereocenters. The Morgan fingerprint density at radius 2 is 2.28 bits per heavy atom. The zero-order valence-corrected chi connectivity index (χ0v) is 10.8. The van der Waals surface area contributed by atoms with Crippen LogP contribution in [0.2, 0.25) is 0 Å². The molecule has 2 aromatic rings. The van der Waals surface area contributed by atoms with Gasteiger partial charge in [0.15, 0.2) is 0 Å². The summed E-state index contributed by atoms with van der Waals surface area (Å²) in [5, 5.41) is 1.97. The standard InChI is InChI=1S/C12H14N4OS/c1-16(5-9-6-18-7-15-9)11-4-8(13)2-3-10(11)12(14)17/h2-4,6-7H,5,13H2,1H3,(H2,14,17). The summed E-state index contributed by atoms with van der Waals surface area (Å²) in [6.07, 6.45) is 0. The van der Waals surface area contributed by atoms with Gasteiger partial charge in [-0.05, 0) is 18.2 Å². The summed E-state index contributed by atoms with van der Waals surface area (Å²) < 4.78 is 0. The number of nitrogen functional groups attached to an aromatic ring is 1. The first-order valence-corrected chi connectivity index (χ1v) is 6.29. The van der Waals surface area contributed by atoms with E-state index in [4.69, 9.17) is 11.5 Å². The van der Waals surface area contributed by atoms with Gasteiger partial charge in [0.05, 0.1) is 29.0 Å². The van der Waals surface area contributed by atoms with Crippen molar-refractivity contribution in [2.45, 2.75) is 6.54 Å². The first-order valence-electron chi connectivity index (χ1n) is 5.35. The summed E-state index contributed by atoms with van der Waals surface area (Å²) in [5.74, 6) is -0.463. The van der Waals surface area contributed by atoms with Crippen LogP contribution in [0.3, 0.4) is 0 Å². The highest BCUT2D eigenvalue weighted by molar-refractivity contribution is 7.07. The second-order valence-electron chi connectivity index (χ2n) is 3.98. The Bertz CT molecular complexity index is 553. The molecule has 2 rings (SSSR count). The number of benzene rings is 1. The van der Waals surface area contributed by atoms with Gasteiger partial charge in [0.2, 0.25) is 0 Å². The van der Waals surface area contributed by atoms with E-state index in [9.17, 15) is 4.79 Å². The maximum atomic E-state index is 11.4. The Labute approximate surface area is 109 Å².